The van der Waals surface area contributed by atoms with Crippen LogP contribution in [0.15, 0.2) is 0 Å². The fraction of sp³-hybridized carbons (Fsp3) is 0.923. The highest BCUT2D eigenvalue weighted by Crippen LogP contribution is 2.38. The van der Waals surface area contributed by atoms with Crippen molar-refractivity contribution in [1.29, 1.82) is 0 Å². The van der Waals surface area contributed by atoms with Crippen LogP contribution in [0.5, 0.6) is 0 Å². The van der Waals surface area contributed by atoms with Crippen LogP contribution in [0, 0.1) is 0 Å². The molecule has 19 heavy (non-hydrogen) atoms. The molecule has 3 aliphatic rings. The first kappa shape index (κ1) is 13.4. The average molecular weight is 286 g/mol. The Labute approximate surface area is 114 Å². The van der Waals surface area contributed by atoms with Gasteiger partial charge in [0.2, 0.25) is 5.91 Å². The first-order valence-corrected chi connectivity index (χ1v) is 9.07. The Morgan fingerprint density at radius 3 is 2.37 bits per heavy atom. The molecule has 3 rings (SSSR count). The lowest BCUT2D eigenvalue weighted by Crippen LogP contribution is -2.48. The zero-order valence-corrected chi connectivity index (χ0v) is 12.2. The number of sulfone groups is 1. The summed E-state index contributed by atoms with van der Waals surface area (Å²) in [6.45, 7) is 2.02. The average Bonchev–Trinajstić information content (AvgIpc) is 2.89. The fourth-order valence-corrected chi connectivity index (χ4v) is 5.40. The molecule has 0 aromatic rings. The van der Waals surface area contributed by atoms with Gasteiger partial charge < -0.3 is 4.90 Å². The highest BCUT2D eigenvalue weighted by molar-refractivity contribution is 7.91. The first-order chi connectivity index (χ1) is 8.94. The van der Waals surface area contributed by atoms with Crippen molar-refractivity contribution in [3.63, 3.8) is 0 Å². The summed E-state index contributed by atoms with van der Waals surface area (Å²) in [7, 11) is -2.87. The second-order valence-electron chi connectivity index (χ2n) is 6.20. The van der Waals surface area contributed by atoms with E-state index in [-0.39, 0.29) is 35.2 Å². The Kier molecular flexibility index (Phi) is 3.13. The summed E-state index contributed by atoms with van der Waals surface area (Å²) in [5.41, 5.74) is -0.338. The molecule has 0 aromatic heterocycles. The Morgan fingerprint density at radius 2 is 1.79 bits per heavy atom. The lowest BCUT2D eigenvalue weighted by molar-refractivity contribution is -0.135. The highest BCUT2D eigenvalue weighted by Gasteiger charge is 2.53. The van der Waals surface area contributed by atoms with Gasteiger partial charge >= 0.3 is 0 Å². The number of carbonyl (C=O) groups excluding carboxylic acids is 1. The van der Waals surface area contributed by atoms with Crippen LogP contribution < -0.4 is 5.32 Å². The van der Waals surface area contributed by atoms with Crippen molar-refractivity contribution in [3.8, 4) is 0 Å². The van der Waals surface area contributed by atoms with Crippen LogP contribution in [0.1, 0.15) is 45.4 Å². The maximum atomic E-state index is 12.7. The fourth-order valence-electron chi connectivity index (χ4n) is 3.93. The molecule has 1 amide bonds. The number of rotatable bonds is 1. The topological polar surface area (TPSA) is 66.5 Å². The van der Waals surface area contributed by atoms with Crippen LogP contribution in [-0.4, -0.2) is 48.5 Å². The van der Waals surface area contributed by atoms with Crippen molar-refractivity contribution < 1.29 is 13.2 Å². The molecule has 0 radical (unpaired) electrons. The van der Waals surface area contributed by atoms with E-state index in [4.69, 9.17) is 0 Å². The Balaban J connectivity index is 1.76. The summed E-state index contributed by atoms with van der Waals surface area (Å²) < 4.78 is 23.0. The maximum Gasteiger partial charge on any atom is 0.244 e. The van der Waals surface area contributed by atoms with Gasteiger partial charge in [-0.2, -0.15) is 0 Å². The van der Waals surface area contributed by atoms with Crippen LogP contribution >= 0.6 is 0 Å². The third-order valence-corrected chi connectivity index (χ3v) is 6.64. The zero-order valence-electron chi connectivity index (χ0n) is 11.4. The molecule has 3 fully saturated rings. The summed E-state index contributed by atoms with van der Waals surface area (Å²) >= 11 is 0. The van der Waals surface area contributed by atoms with Gasteiger partial charge in [-0.1, -0.05) is 12.8 Å². The molecule has 1 saturated carbocycles. The van der Waals surface area contributed by atoms with Gasteiger partial charge in [0.25, 0.3) is 0 Å². The van der Waals surface area contributed by atoms with Gasteiger partial charge in [-0.05, 0) is 32.6 Å². The predicted octanol–water partition coefficient (Wildman–Crippen LogP) is 0.654. The van der Waals surface area contributed by atoms with Gasteiger partial charge in [-0.25, -0.2) is 8.42 Å². The minimum atomic E-state index is -2.87. The van der Waals surface area contributed by atoms with Crippen LogP contribution in [0.3, 0.4) is 0 Å². The van der Waals surface area contributed by atoms with Gasteiger partial charge in [0.15, 0.2) is 0 Å². The van der Waals surface area contributed by atoms with Gasteiger partial charge in [0, 0.05) is 6.04 Å². The largest absolute Gasteiger partial charge is 0.323 e. The molecule has 1 spiro atoms. The number of hydrogen-bond acceptors (Lipinski definition) is 4. The van der Waals surface area contributed by atoms with Crippen molar-refractivity contribution in [1.82, 2.24) is 10.2 Å². The first-order valence-electron chi connectivity index (χ1n) is 7.24. The second kappa shape index (κ2) is 4.45. The van der Waals surface area contributed by atoms with Crippen molar-refractivity contribution >= 4 is 15.7 Å². The predicted molar refractivity (Wildman–Crippen MR) is 72.3 cm³/mol. The Bertz CT molecular complexity index is 468. The number of amides is 1. The lowest BCUT2D eigenvalue weighted by atomic mass is 9.97. The molecule has 2 saturated heterocycles. The molecule has 2 heterocycles. The molecule has 6 heteroatoms. The SMILES string of the molecule is CC1NC2(CCCC2)C(=O)N1C1CCS(=O)(=O)CC1. The summed E-state index contributed by atoms with van der Waals surface area (Å²) in [6.07, 6.45) is 5.30. The molecule has 1 N–H and O–H groups in total. The van der Waals surface area contributed by atoms with Crippen molar-refractivity contribution in [2.45, 2.75) is 63.2 Å². The molecule has 1 unspecified atom stereocenters. The highest BCUT2D eigenvalue weighted by atomic mass is 32.2. The molecule has 108 valence electrons. The quantitative estimate of drug-likeness (QED) is 0.769. The van der Waals surface area contributed by atoms with Crippen molar-refractivity contribution in [3.05, 3.63) is 0 Å². The van der Waals surface area contributed by atoms with Gasteiger partial charge in [-0.3, -0.25) is 10.1 Å². The summed E-state index contributed by atoms with van der Waals surface area (Å²) in [4.78, 5) is 14.6. The number of nitrogens with zero attached hydrogens (tertiary/aromatic N) is 1. The van der Waals surface area contributed by atoms with E-state index in [0.717, 1.165) is 25.7 Å². The summed E-state index contributed by atoms with van der Waals surface area (Å²) in [5, 5.41) is 3.47. The van der Waals surface area contributed by atoms with E-state index in [1.54, 1.807) is 0 Å². The van der Waals surface area contributed by atoms with E-state index in [0.29, 0.717) is 12.8 Å². The van der Waals surface area contributed by atoms with Crippen LogP contribution in [0.4, 0.5) is 0 Å². The van der Waals surface area contributed by atoms with Crippen LogP contribution in [0.25, 0.3) is 0 Å². The standard InChI is InChI=1S/C13H22N2O3S/c1-10-14-13(6-2-3-7-13)12(16)15(10)11-4-8-19(17,18)9-5-11/h10-11,14H,2-9H2,1H3. The minimum absolute atomic E-state index is 0.0383. The van der Waals surface area contributed by atoms with Crippen LogP contribution in [-0.2, 0) is 14.6 Å². The normalized spacial score (nSPS) is 34.3. The lowest BCUT2D eigenvalue weighted by Gasteiger charge is -2.34. The number of hydrogen-bond donors (Lipinski definition) is 1. The Morgan fingerprint density at radius 1 is 1.21 bits per heavy atom. The van der Waals surface area contributed by atoms with Crippen molar-refractivity contribution in [2.75, 3.05) is 11.5 Å². The summed E-state index contributed by atoms with van der Waals surface area (Å²) in [5.74, 6) is 0.657. The summed E-state index contributed by atoms with van der Waals surface area (Å²) in [6, 6.07) is 0.0958. The molecule has 5 nitrogen and oxygen atoms in total. The van der Waals surface area contributed by atoms with Crippen LogP contribution in [0.2, 0.25) is 0 Å². The number of nitrogens with one attached hydrogen (secondary N) is 1. The van der Waals surface area contributed by atoms with E-state index in [9.17, 15) is 13.2 Å². The third-order valence-electron chi connectivity index (χ3n) is 4.92. The van der Waals surface area contributed by atoms with E-state index in [2.05, 4.69) is 5.32 Å². The van der Waals surface area contributed by atoms with E-state index in [1.807, 2.05) is 11.8 Å². The molecule has 1 aliphatic carbocycles. The molecule has 1 atom stereocenters. The minimum Gasteiger partial charge on any atom is -0.323 e. The zero-order chi connectivity index (χ0) is 13.7. The maximum absolute atomic E-state index is 12.7. The molecule has 0 bridgehead atoms. The smallest absolute Gasteiger partial charge is 0.244 e. The third kappa shape index (κ3) is 2.18. The van der Waals surface area contributed by atoms with E-state index >= 15 is 0 Å². The second-order valence-corrected chi connectivity index (χ2v) is 8.51. The molecule has 2 aliphatic heterocycles. The van der Waals surface area contributed by atoms with Gasteiger partial charge in [0.05, 0.1) is 23.2 Å². The van der Waals surface area contributed by atoms with E-state index < -0.39 is 9.84 Å². The Hall–Kier alpha value is -0.620. The van der Waals surface area contributed by atoms with Crippen molar-refractivity contribution in [2.24, 2.45) is 0 Å². The van der Waals surface area contributed by atoms with E-state index in [1.165, 1.54) is 0 Å². The molecular weight excluding hydrogens is 264 g/mol. The monoisotopic (exact) mass is 286 g/mol. The number of carbonyl (C=O) groups is 1. The van der Waals surface area contributed by atoms with Gasteiger partial charge in [-0.15, -0.1) is 0 Å². The molecule has 0 aromatic carbocycles. The van der Waals surface area contributed by atoms with Gasteiger partial charge in [0.1, 0.15) is 9.84 Å². The molecular formula is C13H22N2O3S.